The summed E-state index contributed by atoms with van der Waals surface area (Å²) in [5, 5.41) is 10.3. The fourth-order valence-electron chi connectivity index (χ4n) is 1.80. The fourth-order valence-corrected chi connectivity index (χ4v) is 2.16. The molecule has 0 saturated carbocycles. The van der Waals surface area contributed by atoms with Crippen LogP contribution in [0.3, 0.4) is 0 Å². The number of rotatable bonds is 3. The summed E-state index contributed by atoms with van der Waals surface area (Å²) in [6, 6.07) is 3.90. The Hall–Kier alpha value is -0.540. The van der Waals surface area contributed by atoms with E-state index < -0.39 is 6.10 Å². The second kappa shape index (κ2) is 5.40. The molecular weight excluding hydrogens is 280 g/mol. The van der Waals surface area contributed by atoms with Crippen molar-refractivity contribution in [3.63, 3.8) is 0 Å². The van der Waals surface area contributed by atoms with Crippen LogP contribution < -0.4 is 4.74 Å². The molecule has 0 radical (unpaired) electrons. The van der Waals surface area contributed by atoms with E-state index >= 15 is 0 Å². The highest BCUT2D eigenvalue weighted by Crippen LogP contribution is 2.36. The number of halogens is 1. The second-order valence-corrected chi connectivity index (χ2v) is 6.48. The maximum Gasteiger partial charge on any atom is 0.125 e. The van der Waals surface area contributed by atoms with Crippen molar-refractivity contribution in [1.82, 2.24) is 0 Å². The first-order valence-electron chi connectivity index (χ1n) is 5.76. The molecule has 3 heteroatoms. The molecule has 0 bridgehead atoms. The van der Waals surface area contributed by atoms with Crippen LogP contribution in [0.1, 0.15) is 44.4 Å². The Morgan fingerprint density at radius 2 is 1.94 bits per heavy atom. The number of hydrogen-bond acceptors (Lipinski definition) is 2. The Balaban J connectivity index is 3.08. The SMILES string of the molecule is COc1cc(C)c(Br)cc1C(O)CC(C)(C)C. The lowest BCUT2D eigenvalue weighted by Gasteiger charge is -2.24. The highest BCUT2D eigenvalue weighted by Gasteiger charge is 2.21. The molecule has 0 aliphatic rings. The largest absolute Gasteiger partial charge is 0.496 e. The molecule has 0 aliphatic carbocycles. The Bertz CT molecular complexity index is 394. The first-order chi connectivity index (χ1) is 7.74. The van der Waals surface area contributed by atoms with Crippen molar-refractivity contribution in [2.24, 2.45) is 5.41 Å². The van der Waals surface area contributed by atoms with E-state index in [9.17, 15) is 5.11 Å². The topological polar surface area (TPSA) is 29.5 Å². The third-order valence-corrected chi connectivity index (χ3v) is 3.53. The minimum atomic E-state index is -0.498. The predicted molar refractivity (Wildman–Crippen MR) is 74.5 cm³/mol. The van der Waals surface area contributed by atoms with Crippen molar-refractivity contribution in [2.75, 3.05) is 7.11 Å². The molecule has 1 aromatic carbocycles. The van der Waals surface area contributed by atoms with Gasteiger partial charge >= 0.3 is 0 Å². The summed E-state index contributed by atoms with van der Waals surface area (Å²) in [4.78, 5) is 0. The van der Waals surface area contributed by atoms with E-state index in [2.05, 4.69) is 36.7 Å². The van der Waals surface area contributed by atoms with Gasteiger partial charge in [-0.05, 0) is 36.5 Å². The number of methoxy groups -OCH3 is 1. The van der Waals surface area contributed by atoms with Gasteiger partial charge in [0.05, 0.1) is 13.2 Å². The van der Waals surface area contributed by atoms with Gasteiger partial charge in [0.2, 0.25) is 0 Å². The van der Waals surface area contributed by atoms with Gasteiger partial charge in [0.1, 0.15) is 5.75 Å². The molecule has 1 aromatic rings. The van der Waals surface area contributed by atoms with Crippen LogP contribution in [0.5, 0.6) is 5.75 Å². The molecule has 0 spiro atoms. The van der Waals surface area contributed by atoms with Gasteiger partial charge in [0.25, 0.3) is 0 Å². The summed E-state index contributed by atoms with van der Waals surface area (Å²) in [5.41, 5.74) is 2.04. The van der Waals surface area contributed by atoms with Crippen LogP contribution >= 0.6 is 15.9 Å². The molecule has 1 atom stereocenters. The molecule has 1 unspecified atom stereocenters. The lowest BCUT2D eigenvalue weighted by molar-refractivity contribution is 0.119. The minimum Gasteiger partial charge on any atom is -0.496 e. The van der Waals surface area contributed by atoms with Crippen molar-refractivity contribution >= 4 is 15.9 Å². The van der Waals surface area contributed by atoms with Crippen LogP contribution in [-0.2, 0) is 0 Å². The number of hydrogen-bond donors (Lipinski definition) is 1. The normalized spacial score (nSPS) is 13.6. The van der Waals surface area contributed by atoms with Crippen molar-refractivity contribution in [2.45, 2.75) is 40.2 Å². The first kappa shape index (κ1) is 14.5. The Labute approximate surface area is 112 Å². The van der Waals surface area contributed by atoms with Gasteiger partial charge in [-0.2, -0.15) is 0 Å². The van der Waals surface area contributed by atoms with E-state index in [-0.39, 0.29) is 5.41 Å². The van der Waals surface area contributed by atoms with Crippen LogP contribution in [0.25, 0.3) is 0 Å². The van der Waals surface area contributed by atoms with E-state index in [1.807, 2.05) is 19.1 Å². The van der Waals surface area contributed by atoms with E-state index in [0.717, 1.165) is 21.3 Å². The molecule has 1 rings (SSSR count). The molecule has 0 heterocycles. The molecule has 0 saturated heterocycles. The van der Waals surface area contributed by atoms with Gasteiger partial charge in [0, 0.05) is 10.0 Å². The Morgan fingerprint density at radius 1 is 1.35 bits per heavy atom. The van der Waals surface area contributed by atoms with Gasteiger partial charge in [0.15, 0.2) is 0 Å². The van der Waals surface area contributed by atoms with E-state index in [1.165, 1.54) is 0 Å². The zero-order valence-electron chi connectivity index (χ0n) is 11.2. The number of aryl methyl sites for hydroxylation is 1. The molecule has 2 nitrogen and oxygen atoms in total. The highest BCUT2D eigenvalue weighted by atomic mass is 79.9. The zero-order valence-corrected chi connectivity index (χ0v) is 12.8. The minimum absolute atomic E-state index is 0.0851. The third-order valence-electron chi connectivity index (χ3n) is 2.68. The summed E-state index contributed by atoms with van der Waals surface area (Å²) in [5.74, 6) is 0.752. The maximum atomic E-state index is 10.3. The average molecular weight is 301 g/mol. The molecule has 0 fully saturated rings. The van der Waals surface area contributed by atoms with Gasteiger partial charge in [-0.25, -0.2) is 0 Å². The summed E-state index contributed by atoms with van der Waals surface area (Å²) < 4.78 is 6.34. The smallest absolute Gasteiger partial charge is 0.125 e. The molecule has 1 N–H and O–H groups in total. The van der Waals surface area contributed by atoms with Crippen LogP contribution in [0, 0.1) is 12.3 Å². The summed E-state index contributed by atoms with van der Waals surface area (Å²) in [6.45, 7) is 8.36. The van der Waals surface area contributed by atoms with Crippen molar-refractivity contribution in [3.8, 4) is 5.75 Å². The van der Waals surface area contributed by atoms with Crippen molar-refractivity contribution in [1.29, 1.82) is 0 Å². The molecule has 96 valence electrons. The summed E-state index contributed by atoms with van der Waals surface area (Å²) >= 11 is 3.49. The molecular formula is C14H21BrO2. The Morgan fingerprint density at radius 3 is 2.41 bits per heavy atom. The number of ether oxygens (including phenoxy) is 1. The van der Waals surface area contributed by atoms with Crippen molar-refractivity contribution < 1.29 is 9.84 Å². The fraction of sp³-hybridized carbons (Fsp3) is 0.571. The second-order valence-electron chi connectivity index (χ2n) is 5.62. The summed E-state index contributed by atoms with van der Waals surface area (Å²) in [7, 11) is 1.63. The van der Waals surface area contributed by atoms with Crippen LogP contribution in [0.15, 0.2) is 16.6 Å². The number of aliphatic hydroxyl groups is 1. The van der Waals surface area contributed by atoms with Gasteiger partial charge in [-0.3, -0.25) is 0 Å². The maximum absolute atomic E-state index is 10.3. The van der Waals surface area contributed by atoms with Crippen LogP contribution in [-0.4, -0.2) is 12.2 Å². The van der Waals surface area contributed by atoms with Gasteiger partial charge in [-0.1, -0.05) is 36.7 Å². The first-order valence-corrected chi connectivity index (χ1v) is 6.56. The van der Waals surface area contributed by atoms with Crippen LogP contribution in [0.2, 0.25) is 0 Å². The molecule has 0 amide bonds. The van der Waals surface area contributed by atoms with E-state index in [4.69, 9.17) is 4.74 Å². The molecule has 0 aliphatic heterocycles. The standard InChI is InChI=1S/C14H21BrO2/c1-9-6-13(17-5)10(7-11(9)15)12(16)8-14(2,3)4/h6-7,12,16H,8H2,1-5H3. The van der Waals surface area contributed by atoms with E-state index in [0.29, 0.717) is 6.42 Å². The average Bonchev–Trinajstić information content (AvgIpc) is 2.18. The van der Waals surface area contributed by atoms with Crippen LogP contribution in [0.4, 0.5) is 0 Å². The van der Waals surface area contributed by atoms with E-state index in [1.54, 1.807) is 7.11 Å². The molecule has 17 heavy (non-hydrogen) atoms. The third kappa shape index (κ3) is 4.00. The lowest BCUT2D eigenvalue weighted by atomic mass is 9.86. The predicted octanol–water partition coefficient (Wildman–Crippen LogP) is 4.24. The van der Waals surface area contributed by atoms with Crippen molar-refractivity contribution in [3.05, 3.63) is 27.7 Å². The molecule has 0 aromatic heterocycles. The lowest BCUT2D eigenvalue weighted by Crippen LogP contribution is -2.12. The zero-order chi connectivity index (χ0) is 13.2. The van der Waals surface area contributed by atoms with Gasteiger partial charge in [-0.15, -0.1) is 0 Å². The Kier molecular flexibility index (Phi) is 4.62. The number of benzene rings is 1. The highest BCUT2D eigenvalue weighted by molar-refractivity contribution is 9.10. The quantitative estimate of drug-likeness (QED) is 0.905. The van der Waals surface area contributed by atoms with Gasteiger partial charge < -0.3 is 9.84 Å². The summed E-state index contributed by atoms with van der Waals surface area (Å²) in [6.07, 6.45) is 0.209. The monoisotopic (exact) mass is 300 g/mol. The number of aliphatic hydroxyl groups excluding tert-OH is 1.